The molecule has 2 saturated heterocycles. The Morgan fingerprint density at radius 3 is 2.43 bits per heavy atom. The van der Waals surface area contributed by atoms with Crippen LogP contribution in [0.4, 0.5) is 0 Å². The summed E-state index contributed by atoms with van der Waals surface area (Å²) in [6, 6.07) is 7.59. The highest BCUT2D eigenvalue weighted by Gasteiger charge is 2.26. The van der Waals surface area contributed by atoms with Crippen molar-refractivity contribution in [2.75, 3.05) is 45.8 Å². The molecule has 0 aliphatic carbocycles. The molecular formula is C21H31ClIN5O2. The molecular weight excluding hydrogens is 517 g/mol. The number of nitrogens with zero attached hydrogens (tertiary/aromatic N) is 4. The number of carbonyl (C=O) groups is 2. The maximum atomic E-state index is 12.7. The molecule has 0 bridgehead atoms. The number of carbonyl (C=O) groups excluding carboxylic acids is 2. The third-order valence-electron chi connectivity index (χ3n) is 5.29. The first-order valence-corrected chi connectivity index (χ1v) is 10.8. The van der Waals surface area contributed by atoms with E-state index in [0.29, 0.717) is 50.1 Å². The fraction of sp³-hybridized carbons (Fsp3) is 0.571. The Labute approximate surface area is 200 Å². The molecule has 1 aromatic rings. The lowest BCUT2D eigenvalue weighted by Gasteiger charge is -2.36. The molecule has 0 atom stereocenters. The van der Waals surface area contributed by atoms with Crippen LogP contribution in [0, 0.1) is 0 Å². The molecule has 0 radical (unpaired) electrons. The second kappa shape index (κ2) is 12.3. The SMILES string of the molecule is CCNC(=NCCC(=O)N1CCCC1)N1CCN(Cc2ccc(Cl)cc2)C(=O)C1.I. The fourth-order valence-electron chi connectivity index (χ4n) is 3.67. The molecule has 3 rings (SSSR count). The molecule has 2 aliphatic rings. The van der Waals surface area contributed by atoms with E-state index in [1.54, 1.807) is 0 Å². The quantitative estimate of drug-likeness (QED) is 0.338. The Balaban J connectivity index is 0.00000320. The average Bonchev–Trinajstić information content (AvgIpc) is 3.25. The van der Waals surface area contributed by atoms with Crippen molar-refractivity contribution in [3.63, 3.8) is 0 Å². The summed E-state index contributed by atoms with van der Waals surface area (Å²) < 4.78 is 0. The Morgan fingerprint density at radius 2 is 1.80 bits per heavy atom. The molecule has 2 fully saturated rings. The van der Waals surface area contributed by atoms with Crippen molar-refractivity contribution in [1.82, 2.24) is 20.0 Å². The van der Waals surface area contributed by atoms with Crippen LogP contribution in [0.15, 0.2) is 29.3 Å². The van der Waals surface area contributed by atoms with Gasteiger partial charge in [0.2, 0.25) is 11.8 Å². The van der Waals surface area contributed by atoms with Crippen LogP contribution in [-0.4, -0.2) is 78.3 Å². The van der Waals surface area contributed by atoms with Crippen LogP contribution in [0.1, 0.15) is 31.7 Å². The summed E-state index contributed by atoms with van der Waals surface area (Å²) in [5, 5.41) is 3.95. The third-order valence-corrected chi connectivity index (χ3v) is 5.54. The summed E-state index contributed by atoms with van der Waals surface area (Å²) in [6.07, 6.45) is 2.61. The first kappa shape index (κ1) is 24.7. The molecule has 0 aromatic heterocycles. The van der Waals surface area contributed by atoms with Crippen molar-refractivity contribution < 1.29 is 9.59 Å². The van der Waals surface area contributed by atoms with Crippen molar-refractivity contribution in [3.05, 3.63) is 34.9 Å². The predicted octanol–water partition coefficient (Wildman–Crippen LogP) is 2.58. The maximum Gasteiger partial charge on any atom is 0.242 e. The summed E-state index contributed by atoms with van der Waals surface area (Å²) in [5.74, 6) is 0.956. The van der Waals surface area contributed by atoms with Gasteiger partial charge in [-0.25, -0.2) is 0 Å². The normalized spacial score (nSPS) is 17.2. The highest BCUT2D eigenvalue weighted by atomic mass is 127. The van der Waals surface area contributed by atoms with Crippen LogP contribution < -0.4 is 5.32 Å². The minimum atomic E-state index is 0. The van der Waals surface area contributed by atoms with Gasteiger partial charge < -0.3 is 20.0 Å². The van der Waals surface area contributed by atoms with Crippen molar-refractivity contribution in [1.29, 1.82) is 0 Å². The lowest BCUT2D eigenvalue weighted by Crippen LogP contribution is -2.55. The molecule has 1 aromatic carbocycles. The standard InChI is InChI=1S/C21H30ClN5O2.HI/c1-2-23-21(24-10-9-19(28)25-11-3-4-12-25)27-14-13-26(20(29)16-27)15-17-5-7-18(22)8-6-17;/h5-8H,2-4,9-16H2,1H3,(H,23,24);1H. The average molecular weight is 548 g/mol. The number of benzene rings is 1. The van der Waals surface area contributed by atoms with Crippen LogP contribution in [0.3, 0.4) is 0 Å². The van der Waals surface area contributed by atoms with E-state index in [-0.39, 0.29) is 35.8 Å². The zero-order valence-electron chi connectivity index (χ0n) is 17.5. The monoisotopic (exact) mass is 547 g/mol. The van der Waals surface area contributed by atoms with E-state index in [9.17, 15) is 9.59 Å². The molecule has 166 valence electrons. The lowest BCUT2D eigenvalue weighted by molar-refractivity contribution is -0.135. The van der Waals surface area contributed by atoms with Crippen molar-refractivity contribution in [2.24, 2.45) is 4.99 Å². The van der Waals surface area contributed by atoms with E-state index in [2.05, 4.69) is 10.3 Å². The molecule has 1 N–H and O–H groups in total. The van der Waals surface area contributed by atoms with Gasteiger partial charge in [0.05, 0.1) is 13.1 Å². The Morgan fingerprint density at radius 1 is 1.10 bits per heavy atom. The van der Waals surface area contributed by atoms with Crippen molar-refractivity contribution >= 4 is 53.4 Å². The van der Waals surface area contributed by atoms with Crippen LogP contribution in [0.5, 0.6) is 0 Å². The summed E-state index contributed by atoms with van der Waals surface area (Å²) in [4.78, 5) is 35.2. The maximum absolute atomic E-state index is 12.7. The van der Waals surface area contributed by atoms with Gasteiger partial charge in [-0.1, -0.05) is 23.7 Å². The number of guanidine groups is 1. The van der Waals surface area contributed by atoms with Gasteiger partial charge in [0, 0.05) is 50.7 Å². The first-order chi connectivity index (χ1) is 14.1. The number of likely N-dealkylation sites (tertiary alicyclic amines) is 1. The highest BCUT2D eigenvalue weighted by Crippen LogP contribution is 2.14. The smallest absolute Gasteiger partial charge is 0.242 e. The van der Waals surface area contributed by atoms with Gasteiger partial charge in [-0.3, -0.25) is 14.6 Å². The number of amides is 2. The summed E-state index contributed by atoms with van der Waals surface area (Å²) in [5.41, 5.74) is 1.07. The van der Waals surface area contributed by atoms with Gasteiger partial charge in [-0.2, -0.15) is 0 Å². The van der Waals surface area contributed by atoms with E-state index in [1.807, 2.05) is 45.9 Å². The minimum Gasteiger partial charge on any atom is -0.357 e. The highest BCUT2D eigenvalue weighted by molar-refractivity contribution is 14.0. The second-order valence-corrected chi connectivity index (χ2v) is 7.87. The predicted molar refractivity (Wildman–Crippen MR) is 130 cm³/mol. The Hall–Kier alpha value is -1.55. The molecule has 2 heterocycles. The number of aliphatic imine (C=N–C) groups is 1. The number of piperazine rings is 1. The Kier molecular flexibility index (Phi) is 10.2. The summed E-state index contributed by atoms with van der Waals surface area (Å²) >= 11 is 5.93. The molecule has 9 heteroatoms. The first-order valence-electron chi connectivity index (χ1n) is 10.4. The van der Waals surface area contributed by atoms with E-state index < -0.39 is 0 Å². The second-order valence-electron chi connectivity index (χ2n) is 7.44. The zero-order valence-corrected chi connectivity index (χ0v) is 20.6. The number of rotatable bonds is 6. The molecule has 7 nitrogen and oxygen atoms in total. The topological polar surface area (TPSA) is 68.2 Å². The summed E-state index contributed by atoms with van der Waals surface area (Å²) in [6.45, 7) is 7.13. The van der Waals surface area contributed by atoms with E-state index in [1.165, 1.54) is 0 Å². The number of hydrogen-bond acceptors (Lipinski definition) is 3. The van der Waals surface area contributed by atoms with E-state index >= 15 is 0 Å². The van der Waals surface area contributed by atoms with Gasteiger partial charge in [-0.15, -0.1) is 24.0 Å². The molecule has 0 unspecified atom stereocenters. The third kappa shape index (κ3) is 7.01. The van der Waals surface area contributed by atoms with Crippen molar-refractivity contribution in [2.45, 2.75) is 32.7 Å². The molecule has 2 aliphatic heterocycles. The molecule has 0 spiro atoms. The molecule has 30 heavy (non-hydrogen) atoms. The minimum absolute atomic E-state index is 0. The molecule has 2 amide bonds. The van der Waals surface area contributed by atoms with E-state index in [4.69, 9.17) is 11.6 Å². The van der Waals surface area contributed by atoms with Gasteiger partial charge >= 0.3 is 0 Å². The van der Waals surface area contributed by atoms with Gasteiger partial charge in [0.15, 0.2) is 5.96 Å². The van der Waals surface area contributed by atoms with Crippen LogP contribution >= 0.6 is 35.6 Å². The zero-order chi connectivity index (χ0) is 20.6. The van der Waals surface area contributed by atoms with Crippen LogP contribution in [0.2, 0.25) is 5.02 Å². The van der Waals surface area contributed by atoms with Gasteiger partial charge in [0.1, 0.15) is 0 Å². The van der Waals surface area contributed by atoms with Crippen LogP contribution in [-0.2, 0) is 16.1 Å². The Bertz CT molecular complexity index is 737. The fourth-order valence-corrected chi connectivity index (χ4v) is 3.80. The molecule has 0 saturated carbocycles. The van der Waals surface area contributed by atoms with E-state index in [0.717, 1.165) is 38.0 Å². The van der Waals surface area contributed by atoms with Gasteiger partial charge in [-0.05, 0) is 37.5 Å². The number of halogens is 2. The van der Waals surface area contributed by atoms with Gasteiger partial charge in [0.25, 0.3) is 0 Å². The van der Waals surface area contributed by atoms with Crippen LogP contribution in [0.25, 0.3) is 0 Å². The lowest BCUT2D eigenvalue weighted by atomic mass is 10.2. The van der Waals surface area contributed by atoms with Crippen molar-refractivity contribution in [3.8, 4) is 0 Å². The largest absolute Gasteiger partial charge is 0.357 e. The summed E-state index contributed by atoms with van der Waals surface area (Å²) in [7, 11) is 0. The number of nitrogens with one attached hydrogen (secondary N) is 1. The number of hydrogen-bond donors (Lipinski definition) is 1.